The molecule has 0 bridgehead atoms. The Hall–Kier alpha value is -2.89. The van der Waals surface area contributed by atoms with Crippen LogP contribution < -0.4 is 4.74 Å². The predicted molar refractivity (Wildman–Crippen MR) is 91.8 cm³/mol. The summed E-state index contributed by atoms with van der Waals surface area (Å²) < 4.78 is 7.39. The van der Waals surface area contributed by atoms with E-state index in [0.717, 1.165) is 17.0 Å². The van der Waals surface area contributed by atoms with Crippen molar-refractivity contribution in [1.29, 1.82) is 0 Å². The van der Waals surface area contributed by atoms with Crippen LogP contribution in [0.25, 0.3) is 0 Å². The molecule has 6 nitrogen and oxygen atoms in total. The zero-order valence-corrected chi connectivity index (χ0v) is 14.0. The van der Waals surface area contributed by atoms with Gasteiger partial charge in [-0.25, -0.2) is 0 Å². The SMILES string of the molecule is C=CCn1c(C)cc(C(=O)COc2ccc(C)cc2[N+](=O)[O-])c1C. The van der Waals surface area contributed by atoms with Crippen molar-refractivity contribution in [1.82, 2.24) is 4.57 Å². The number of nitrogens with zero attached hydrogens (tertiary/aromatic N) is 2. The Bertz CT molecular complexity index is 806. The molecule has 0 aliphatic carbocycles. The molecule has 2 aromatic rings. The number of ketones is 1. The Morgan fingerprint density at radius 2 is 2.04 bits per heavy atom. The molecule has 2 rings (SSSR count). The molecule has 0 saturated carbocycles. The van der Waals surface area contributed by atoms with Gasteiger partial charge in [-0.1, -0.05) is 12.1 Å². The van der Waals surface area contributed by atoms with E-state index in [1.54, 1.807) is 25.1 Å². The lowest BCUT2D eigenvalue weighted by Gasteiger charge is -2.08. The number of nitro benzene ring substituents is 1. The monoisotopic (exact) mass is 328 g/mol. The highest BCUT2D eigenvalue weighted by Crippen LogP contribution is 2.28. The highest BCUT2D eigenvalue weighted by molar-refractivity contribution is 5.98. The van der Waals surface area contributed by atoms with Gasteiger partial charge in [0.2, 0.25) is 5.78 Å². The summed E-state index contributed by atoms with van der Waals surface area (Å²) in [5.74, 6) is -0.118. The number of ether oxygens (including phenoxy) is 1. The first-order chi connectivity index (χ1) is 11.3. The molecule has 0 spiro atoms. The van der Waals surface area contributed by atoms with E-state index >= 15 is 0 Å². The molecule has 1 aromatic carbocycles. The normalized spacial score (nSPS) is 10.5. The van der Waals surface area contributed by atoms with Crippen molar-refractivity contribution in [2.75, 3.05) is 6.61 Å². The largest absolute Gasteiger partial charge is 0.478 e. The maximum absolute atomic E-state index is 12.4. The molecule has 126 valence electrons. The molecule has 0 atom stereocenters. The van der Waals surface area contributed by atoms with Crippen molar-refractivity contribution < 1.29 is 14.5 Å². The van der Waals surface area contributed by atoms with E-state index in [9.17, 15) is 14.9 Å². The Kier molecular flexibility index (Phi) is 5.18. The first-order valence-corrected chi connectivity index (χ1v) is 7.53. The number of Topliss-reactive ketones (excluding diaryl/α,β-unsaturated/α-hetero) is 1. The summed E-state index contributed by atoms with van der Waals surface area (Å²) in [6.45, 7) is 9.61. The molecular weight excluding hydrogens is 308 g/mol. The van der Waals surface area contributed by atoms with E-state index in [1.165, 1.54) is 12.1 Å². The van der Waals surface area contributed by atoms with Crippen molar-refractivity contribution >= 4 is 11.5 Å². The molecule has 0 N–H and O–H groups in total. The van der Waals surface area contributed by atoms with E-state index < -0.39 is 4.92 Å². The van der Waals surface area contributed by atoms with Crippen LogP contribution in [-0.4, -0.2) is 21.9 Å². The number of nitro groups is 1. The summed E-state index contributed by atoms with van der Waals surface area (Å²) in [5, 5.41) is 11.1. The average Bonchev–Trinajstić information content (AvgIpc) is 2.82. The first-order valence-electron chi connectivity index (χ1n) is 7.53. The van der Waals surface area contributed by atoms with Gasteiger partial charge in [0.05, 0.1) is 4.92 Å². The van der Waals surface area contributed by atoms with E-state index in [1.807, 2.05) is 18.4 Å². The molecule has 24 heavy (non-hydrogen) atoms. The minimum atomic E-state index is -0.511. The van der Waals surface area contributed by atoms with Crippen LogP contribution in [-0.2, 0) is 6.54 Å². The molecule has 0 fully saturated rings. The minimum absolute atomic E-state index is 0.0962. The number of benzene rings is 1. The summed E-state index contributed by atoms with van der Waals surface area (Å²) in [7, 11) is 0. The molecule has 1 heterocycles. The average molecular weight is 328 g/mol. The zero-order chi connectivity index (χ0) is 17.9. The second-order valence-corrected chi connectivity index (χ2v) is 5.62. The lowest BCUT2D eigenvalue weighted by Crippen LogP contribution is -2.13. The molecule has 0 aliphatic heterocycles. The highest BCUT2D eigenvalue weighted by Gasteiger charge is 2.19. The second kappa shape index (κ2) is 7.12. The predicted octanol–water partition coefficient (Wildman–Crippen LogP) is 3.77. The van der Waals surface area contributed by atoms with Gasteiger partial charge in [0, 0.05) is 29.6 Å². The van der Waals surface area contributed by atoms with E-state index in [0.29, 0.717) is 12.1 Å². The first kappa shape index (κ1) is 17.5. The minimum Gasteiger partial charge on any atom is -0.478 e. The summed E-state index contributed by atoms with van der Waals surface area (Å²) >= 11 is 0. The van der Waals surface area contributed by atoms with Gasteiger partial charge in [-0.15, -0.1) is 6.58 Å². The highest BCUT2D eigenvalue weighted by atomic mass is 16.6. The van der Waals surface area contributed by atoms with E-state index in [-0.39, 0.29) is 23.8 Å². The second-order valence-electron chi connectivity index (χ2n) is 5.62. The quantitative estimate of drug-likeness (QED) is 0.335. The van der Waals surface area contributed by atoms with Crippen LogP contribution >= 0.6 is 0 Å². The zero-order valence-electron chi connectivity index (χ0n) is 14.0. The van der Waals surface area contributed by atoms with Gasteiger partial charge >= 0.3 is 5.69 Å². The maximum Gasteiger partial charge on any atom is 0.311 e. The van der Waals surface area contributed by atoms with Crippen molar-refractivity contribution in [2.24, 2.45) is 0 Å². The van der Waals surface area contributed by atoms with Crippen LogP contribution in [0.3, 0.4) is 0 Å². The van der Waals surface area contributed by atoms with Crippen LogP contribution in [0.1, 0.15) is 27.3 Å². The maximum atomic E-state index is 12.4. The third-order valence-electron chi connectivity index (χ3n) is 3.86. The van der Waals surface area contributed by atoms with E-state index in [4.69, 9.17) is 4.74 Å². The molecule has 1 aromatic heterocycles. The van der Waals surface area contributed by atoms with Gasteiger partial charge in [-0.05, 0) is 38.5 Å². The van der Waals surface area contributed by atoms with Crippen LogP contribution in [0.2, 0.25) is 0 Å². The van der Waals surface area contributed by atoms with Crippen LogP contribution in [0.5, 0.6) is 5.75 Å². The standard InChI is InChI=1S/C18H20N2O4/c1-5-8-19-13(3)10-15(14(19)4)17(21)11-24-18-7-6-12(2)9-16(18)20(22)23/h5-7,9-10H,1,8,11H2,2-4H3. The fraction of sp³-hybridized carbons (Fsp3) is 0.278. The fourth-order valence-electron chi connectivity index (χ4n) is 2.61. The number of hydrogen-bond acceptors (Lipinski definition) is 4. The number of aromatic nitrogens is 1. The van der Waals surface area contributed by atoms with Gasteiger partial charge in [0.15, 0.2) is 12.4 Å². The van der Waals surface area contributed by atoms with Crippen LogP contribution in [0.15, 0.2) is 36.9 Å². The van der Waals surface area contributed by atoms with Crippen molar-refractivity contribution in [3.05, 3.63) is 69.5 Å². The summed E-state index contributed by atoms with van der Waals surface area (Å²) in [6, 6.07) is 6.45. The molecule has 0 saturated heterocycles. The number of rotatable bonds is 7. The molecule has 0 aliphatic rings. The van der Waals surface area contributed by atoms with E-state index in [2.05, 4.69) is 6.58 Å². The van der Waals surface area contributed by atoms with Crippen molar-refractivity contribution in [2.45, 2.75) is 27.3 Å². The molecule has 6 heteroatoms. The topological polar surface area (TPSA) is 74.4 Å². The Morgan fingerprint density at radius 1 is 1.33 bits per heavy atom. The lowest BCUT2D eigenvalue weighted by atomic mass is 10.1. The number of aryl methyl sites for hydroxylation is 2. The number of carbonyl (C=O) groups is 1. The van der Waals surface area contributed by atoms with Crippen molar-refractivity contribution in [3.8, 4) is 5.75 Å². The Morgan fingerprint density at radius 3 is 2.67 bits per heavy atom. The number of allylic oxidation sites excluding steroid dienone is 1. The fourth-order valence-corrected chi connectivity index (χ4v) is 2.61. The summed E-state index contributed by atoms with van der Waals surface area (Å²) in [6.07, 6.45) is 1.76. The molecule has 0 radical (unpaired) electrons. The molecule has 0 amide bonds. The van der Waals surface area contributed by atoms with Gasteiger partial charge in [-0.2, -0.15) is 0 Å². The number of hydrogen-bond donors (Lipinski definition) is 0. The molecule has 0 unspecified atom stereocenters. The number of carbonyl (C=O) groups excluding carboxylic acids is 1. The molecular formula is C18H20N2O4. The summed E-state index contributed by atoms with van der Waals surface area (Å²) in [5.41, 5.74) is 2.97. The third-order valence-corrected chi connectivity index (χ3v) is 3.86. The van der Waals surface area contributed by atoms with Crippen LogP contribution in [0, 0.1) is 30.9 Å². The van der Waals surface area contributed by atoms with Crippen molar-refractivity contribution in [3.63, 3.8) is 0 Å². The van der Waals surface area contributed by atoms with Gasteiger partial charge < -0.3 is 9.30 Å². The van der Waals surface area contributed by atoms with Gasteiger partial charge in [0.25, 0.3) is 0 Å². The third kappa shape index (κ3) is 3.53. The Balaban J connectivity index is 2.19. The lowest BCUT2D eigenvalue weighted by molar-refractivity contribution is -0.385. The summed E-state index contributed by atoms with van der Waals surface area (Å²) in [4.78, 5) is 23.0. The van der Waals surface area contributed by atoms with Gasteiger partial charge in [-0.3, -0.25) is 14.9 Å². The Labute approximate surface area is 140 Å². The smallest absolute Gasteiger partial charge is 0.311 e. The van der Waals surface area contributed by atoms with Gasteiger partial charge in [0.1, 0.15) is 0 Å². The van der Waals surface area contributed by atoms with Crippen LogP contribution in [0.4, 0.5) is 5.69 Å².